The number of aryl methyl sites for hydroxylation is 1. The number of hydrogen-bond donors (Lipinski definition) is 2. The van der Waals surface area contributed by atoms with Gasteiger partial charge in [-0.15, -0.1) is 11.3 Å². The molecule has 2 aromatic heterocycles. The molecule has 4 nitrogen and oxygen atoms in total. The van der Waals surface area contributed by atoms with Crippen molar-refractivity contribution in [2.75, 3.05) is 24.7 Å². The van der Waals surface area contributed by atoms with Crippen molar-refractivity contribution in [1.29, 1.82) is 0 Å². The van der Waals surface area contributed by atoms with E-state index in [1.54, 1.807) is 23.1 Å². The van der Waals surface area contributed by atoms with E-state index in [-0.39, 0.29) is 12.5 Å². The Hall–Kier alpha value is -1.37. The lowest BCUT2D eigenvalue weighted by Gasteiger charge is -2.08. The summed E-state index contributed by atoms with van der Waals surface area (Å²) in [5, 5.41) is 13.6. The molecule has 0 aliphatic rings. The second-order valence-corrected chi connectivity index (χ2v) is 6.92. The van der Waals surface area contributed by atoms with Crippen LogP contribution in [0.2, 0.25) is 0 Å². The van der Waals surface area contributed by atoms with E-state index in [9.17, 15) is 4.79 Å². The highest BCUT2D eigenvalue weighted by Crippen LogP contribution is 2.23. The number of amides is 1. The standard InChI is InChI=1S/C16H20N2O2S2/c1-12-13(16(20)17-7-11-21-9-3-8-19)5-6-14(18-12)15-4-2-10-22-15/h2,4-6,10,19H,3,7-9,11H2,1H3,(H,17,20). The summed E-state index contributed by atoms with van der Waals surface area (Å²) in [6, 6.07) is 7.75. The molecule has 0 spiro atoms. The first kappa shape index (κ1) is 17.0. The van der Waals surface area contributed by atoms with Crippen molar-refractivity contribution < 1.29 is 9.90 Å². The fourth-order valence-corrected chi connectivity index (χ4v) is 3.44. The Morgan fingerprint density at radius 1 is 1.36 bits per heavy atom. The minimum Gasteiger partial charge on any atom is -0.396 e. The predicted molar refractivity (Wildman–Crippen MR) is 93.6 cm³/mol. The number of thiophene rings is 1. The van der Waals surface area contributed by atoms with Gasteiger partial charge in [0.2, 0.25) is 0 Å². The molecule has 0 atom stereocenters. The van der Waals surface area contributed by atoms with Crippen molar-refractivity contribution in [3.8, 4) is 10.6 Å². The summed E-state index contributed by atoms with van der Waals surface area (Å²) in [7, 11) is 0. The first-order valence-electron chi connectivity index (χ1n) is 7.20. The maximum Gasteiger partial charge on any atom is 0.253 e. The minimum absolute atomic E-state index is 0.0783. The highest BCUT2D eigenvalue weighted by Gasteiger charge is 2.11. The van der Waals surface area contributed by atoms with Crippen LogP contribution in [0.3, 0.4) is 0 Å². The monoisotopic (exact) mass is 336 g/mol. The molecule has 0 aromatic carbocycles. The van der Waals surface area contributed by atoms with Crippen molar-refractivity contribution in [2.24, 2.45) is 0 Å². The molecule has 0 aliphatic carbocycles. The topological polar surface area (TPSA) is 62.2 Å². The van der Waals surface area contributed by atoms with E-state index in [2.05, 4.69) is 10.3 Å². The molecule has 118 valence electrons. The summed E-state index contributed by atoms with van der Waals surface area (Å²) in [4.78, 5) is 17.8. The number of aliphatic hydroxyl groups excluding tert-OH is 1. The van der Waals surface area contributed by atoms with Crippen LogP contribution >= 0.6 is 23.1 Å². The smallest absolute Gasteiger partial charge is 0.253 e. The SMILES string of the molecule is Cc1nc(-c2cccs2)ccc1C(=O)NCCSCCCO. The summed E-state index contributed by atoms with van der Waals surface area (Å²) in [6.07, 6.45) is 0.797. The molecular formula is C16H20N2O2S2. The van der Waals surface area contributed by atoms with Crippen molar-refractivity contribution in [1.82, 2.24) is 10.3 Å². The van der Waals surface area contributed by atoms with Crippen molar-refractivity contribution in [3.63, 3.8) is 0 Å². The van der Waals surface area contributed by atoms with Gasteiger partial charge in [0.25, 0.3) is 5.91 Å². The van der Waals surface area contributed by atoms with Crippen molar-refractivity contribution >= 4 is 29.0 Å². The number of rotatable bonds is 8. The zero-order valence-electron chi connectivity index (χ0n) is 12.5. The number of nitrogens with zero attached hydrogens (tertiary/aromatic N) is 1. The molecule has 6 heteroatoms. The zero-order chi connectivity index (χ0) is 15.8. The highest BCUT2D eigenvalue weighted by molar-refractivity contribution is 7.99. The molecule has 22 heavy (non-hydrogen) atoms. The van der Waals surface area contributed by atoms with E-state index in [0.29, 0.717) is 12.1 Å². The fourth-order valence-electron chi connectivity index (χ4n) is 1.96. The van der Waals surface area contributed by atoms with E-state index >= 15 is 0 Å². The van der Waals surface area contributed by atoms with Gasteiger partial charge in [-0.1, -0.05) is 6.07 Å². The third kappa shape index (κ3) is 4.83. The zero-order valence-corrected chi connectivity index (χ0v) is 14.2. The molecule has 0 saturated carbocycles. The number of thioether (sulfide) groups is 1. The van der Waals surface area contributed by atoms with Gasteiger partial charge in [-0.05, 0) is 42.7 Å². The summed E-state index contributed by atoms with van der Waals surface area (Å²) in [5.41, 5.74) is 2.28. The minimum atomic E-state index is -0.0783. The molecule has 2 N–H and O–H groups in total. The number of hydrogen-bond acceptors (Lipinski definition) is 5. The Bertz CT molecular complexity index is 600. The van der Waals surface area contributed by atoms with Crippen LogP contribution < -0.4 is 5.32 Å². The van der Waals surface area contributed by atoms with Gasteiger partial charge < -0.3 is 10.4 Å². The molecule has 0 fully saturated rings. The molecule has 0 bridgehead atoms. The van der Waals surface area contributed by atoms with Gasteiger partial charge in [-0.2, -0.15) is 11.8 Å². The first-order chi connectivity index (χ1) is 10.7. The van der Waals surface area contributed by atoms with E-state index < -0.39 is 0 Å². The normalized spacial score (nSPS) is 10.6. The van der Waals surface area contributed by atoms with E-state index in [0.717, 1.165) is 34.2 Å². The lowest BCUT2D eigenvalue weighted by Crippen LogP contribution is -2.26. The summed E-state index contributed by atoms with van der Waals surface area (Å²) in [6.45, 7) is 2.71. The average molecular weight is 336 g/mol. The maximum absolute atomic E-state index is 12.2. The molecule has 0 saturated heterocycles. The van der Waals surface area contributed by atoms with Crippen LogP contribution in [-0.2, 0) is 0 Å². The van der Waals surface area contributed by atoms with Crippen LogP contribution in [0, 0.1) is 6.92 Å². The van der Waals surface area contributed by atoms with Crippen LogP contribution in [0.5, 0.6) is 0 Å². The van der Waals surface area contributed by atoms with Crippen LogP contribution in [0.4, 0.5) is 0 Å². The number of aromatic nitrogens is 1. The maximum atomic E-state index is 12.2. The molecule has 0 aliphatic heterocycles. The Balaban J connectivity index is 1.88. The number of pyridine rings is 1. The molecule has 0 unspecified atom stereocenters. The third-order valence-electron chi connectivity index (χ3n) is 3.08. The second kappa shape index (κ2) is 8.92. The summed E-state index contributed by atoms with van der Waals surface area (Å²) >= 11 is 3.37. The molecule has 1 amide bonds. The molecule has 2 rings (SSSR count). The fraction of sp³-hybridized carbons (Fsp3) is 0.375. The van der Waals surface area contributed by atoms with Crippen LogP contribution in [0.1, 0.15) is 22.5 Å². The van der Waals surface area contributed by atoms with Gasteiger partial charge in [0, 0.05) is 18.9 Å². The van der Waals surface area contributed by atoms with Gasteiger partial charge in [0.1, 0.15) is 0 Å². The summed E-state index contributed by atoms with van der Waals surface area (Å²) < 4.78 is 0. The average Bonchev–Trinajstić information content (AvgIpc) is 3.04. The van der Waals surface area contributed by atoms with Gasteiger partial charge in [-0.3, -0.25) is 9.78 Å². The van der Waals surface area contributed by atoms with Gasteiger partial charge >= 0.3 is 0 Å². The van der Waals surface area contributed by atoms with E-state index in [1.807, 2.05) is 36.6 Å². The Morgan fingerprint density at radius 3 is 2.91 bits per heavy atom. The molecule has 2 aromatic rings. The predicted octanol–water partition coefficient (Wildman–Crippen LogP) is 2.96. The lowest BCUT2D eigenvalue weighted by molar-refractivity contribution is 0.0955. The highest BCUT2D eigenvalue weighted by atomic mass is 32.2. The number of carbonyl (C=O) groups excluding carboxylic acids is 1. The van der Waals surface area contributed by atoms with Crippen molar-refractivity contribution in [2.45, 2.75) is 13.3 Å². The Kier molecular flexibility index (Phi) is 6.89. The lowest BCUT2D eigenvalue weighted by atomic mass is 10.1. The van der Waals surface area contributed by atoms with Gasteiger partial charge in [0.15, 0.2) is 0 Å². The van der Waals surface area contributed by atoms with Crippen LogP contribution in [0.15, 0.2) is 29.6 Å². The van der Waals surface area contributed by atoms with Gasteiger partial charge in [0.05, 0.1) is 21.8 Å². The number of carbonyl (C=O) groups is 1. The van der Waals surface area contributed by atoms with Crippen molar-refractivity contribution in [3.05, 3.63) is 40.9 Å². The second-order valence-electron chi connectivity index (χ2n) is 4.75. The molecule has 2 heterocycles. The quantitative estimate of drug-likeness (QED) is 0.728. The third-order valence-corrected chi connectivity index (χ3v) is 5.05. The van der Waals surface area contributed by atoms with Gasteiger partial charge in [-0.25, -0.2) is 0 Å². The van der Waals surface area contributed by atoms with Crippen LogP contribution in [-0.4, -0.2) is 40.7 Å². The number of aliphatic hydroxyl groups is 1. The largest absolute Gasteiger partial charge is 0.396 e. The Morgan fingerprint density at radius 2 is 2.23 bits per heavy atom. The van der Waals surface area contributed by atoms with E-state index in [1.165, 1.54) is 0 Å². The Labute approximate surface area is 139 Å². The van der Waals surface area contributed by atoms with E-state index in [4.69, 9.17) is 5.11 Å². The first-order valence-corrected chi connectivity index (χ1v) is 9.24. The summed E-state index contributed by atoms with van der Waals surface area (Å²) in [5.74, 6) is 1.69. The number of nitrogens with one attached hydrogen (secondary N) is 1. The molecular weight excluding hydrogens is 316 g/mol. The molecule has 0 radical (unpaired) electrons. The van der Waals surface area contributed by atoms with Crippen LogP contribution in [0.25, 0.3) is 10.6 Å².